The predicted octanol–water partition coefficient (Wildman–Crippen LogP) is 2.04. The molecule has 2 rings (SSSR count). The van der Waals surface area contributed by atoms with Crippen LogP contribution in [0.3, 0.4) is 0 Å². The minimum atomic E-state index is -0.674. The first-order chi connectivity index (χ1) is 11.5. The zero-order valence-corrected chi connectivity index (χ0v) is 14.5. The summed E-state index contributed by atoms with van der Waals surface area (Å²) in [6, 6.07) is 8.99. The molecule has 1 fully saturated rings. The lowest BCUT2D eigenvalue weighted by atomic mass is 9.77. The number of esters is 1. The van der Waals surface area contributed by atoms with Crippen molar-refractivity contribution in [3.63, 3.8) is 0 Å². The summed E-state index contributed by atoms with van der Waals surface area (Å²) in [6.07, 6.45) is 4.60. The van der Waals surface area contributed by atoms with Gasteiger partial charge in [0, 0.05) is 18.4 Å². The number of ether oxygens (including phenoxy) is 1. The van der Waals surface area contributed by atoms with Gasteiger partial charge >= 0.3 is 5.97 Å². The Bertz CT molecular complexity index is 547. The second-order valence-corrected chi connectivity index (χ2v) is 6.67. The van der Waals surface area contributed by atoms with Gasteiger partial charge in [-0.2, -0.15) is 0 Å². The Hall–Kier alpha value is -1.88. The highest BCUT2D eigenvalue weighted by atomic mass is 16.5. The van der Waals surface area contributed by atoms with Gasteiger partial charge in [0.05, 0.1) is 7.11 Å². The number of benzene rings is 1. The standard InChI is InChI=1S/C19H28N2O3/c1-13(15-10-6-7-11-16(15)20)18(22)21-17(19(23)24-2)12-14-8-4-3-5-9-14/h3-5,8-9,13,15-17H,6-7,10-12,20H2,1-2H3,(H,21,22). The summed E-state index contributed by atoms with van der Waals surface area (Å²) in [5.74, 6) is -0.576. The Morgan fingerprint density at radius 3 is 2.54 bits per heavy atom. The van der Waals surface area contributed by atoms with Gasteiger partial charge in [-0.3, -0.25) is 4.79 Å². The maximum atomic E-state index is 12.6. The van der Waals surface area contributed by atoms with Gasteiger partial charge in [0.25, 0.3) is 0 Å². The molecule has 0 heterocycles. The molecule has 5 nitrogen and oxygen atoms in total. The van der Waals surface area contributed by atoms with Gasteiger partial charge in [-0.15, -0.1) is 0 Å². The Balaban J connectivity index is 2.02. The van der Waals surface area contributed by atoms with E-state index in [2.05, 4.69) is 5.32 Å². The zero-order valence-electron chi connectivity index (χ0n) is 14.5. The molecule has 4 unspecified atom stereocenters. The molecule has 1 saturated carbocycles. The molecule has 1 aliphatic carbocycles. The highest BCUT2D eigenvalue weighted by molar-refractivity contribution is 5.86. The van der Waals surface area contributed by atoms with Gasteiger partial charge in [0.1, 0.15) is 6.04 Å². The van der Waals surface area contributed by atoms with E-state index in [1.807, 2.05) is 37.3 Å². The van der Waals surface area contributed by atoms with Crippen molar-refractivity contribution in [3.8, 4) is 0 Å². The van der Waals surface area contributed by atoms with Crippen molar-refractivity contribution >= 4 is 11.9 Å². The van der Waals surface area contributed by atoms with Crippen LogP contribution < -0.4 is 11.1 Å². The Morgan fingerprint density at radius 1 is 1.25 bits per heavy atom. The first-order valence-corrected chi connectivity index (χ1v) is 8.70. The Kier molecular flexibility index (Phi) is 6.79. The minimum absolute atomic E-state index is 0.0604. The fourth-order valence-corrected chi connectivity index (χ4v) is 3.49. The molecule has 0 aromatic heterocycles. The highest BCUT2D eigenvalue weighted by Crippen LogP contribution is 2.29. The summed E-state index contributed by atoms with van der Waals surface area (Å²) < 4.78 is 4.85. The topological polar surface area (TPSA) is 81.4 Å². The van der Waals surface area contributed by atoms with E-state index in [0.29, 0.717) is 6.42 Å². The molecule has 1 aliphatic rings. The fourth-order valence-electron chi connectivity index (χ4n) is 3.49. The van der Waals surface area contributed by atoms with Crippen LogP contribution in [0.25, 0.3) is 0 Å². The van der Waals surface area contributed by atoms with Gasteiger partial charge in [0.2, 0.25) is 5.91 Å². The second-order valence-electron chi connectivity index (χ2n) is 6.67. The third kappa shape index (κ3) is 4.81. The molecule has 132 valence electrons. The fraction of sp³-hybridized carbons (Fsp3) is 0.579. The number of nitrogens with two attached hydrogens (primary N) is 1. The third-order valence-electron chi connectivity index (χ3n) is 5.02. The molecule has 1 aromatic carbocycles. The molecule has 24 heavy (non-hydrogen) atoms. The maximum Gasteiger partial charge on any atom is 0.328 e. The summed E-state index contributed by atoms with van der Waals surface area (Å²) in [5, 5.41) is 2.86. The van der Waals surface area contributed by atoms with Gasteiger partial charge in [-0.05, 0) is 24.3 Å². The molecule has 1 aromatic rings. The second kappa shape index (κ2) is 8.83. The minimum Gasteiger partial charge on any atom is -0.467 e. The largest absolute Gasteiger partial charge is 0.467 e. The lowest BCUT2D eigenvalue weighted by Crippen LogP contribution is -2.49. The smallest absolute Gasteiger partial charge is 0.328 e. The zero-order chi connectivity index (χ0) is 17.5. The van der Waals surface area contributed by atoms with Crippen LogP contribution in [-0.4, -0.2) is 31.1 Å². The van der Waals surface area contributed by atoms with Crippen molar-refractivity contribution in [3.05, 3.63) is 35.9 Å². The summed E-state index contributed by atoms with van der Waals surface area (Å²) in [7, 11) is 1.34. The summed E-state index contributed by atoms with van der Waals surface area (Å²) in [6.45, 7) is 1.90. The Labute approximate surface area is 143 Å². The molecular weight excluding hydrogens is 304 g/mol. The number of amides is 1. The molecule has 1 amide bonds. The van der Waals surface area contributed by atoms with Crippen molar-refractivity contribution in [2.24, 2.45) is 17.6 Å². The number of hydrogen-bond acceptors (Lipinski definition) is 4. The molecule has 3 N–H and O–H groups in total. The first-order valence-electron chi connectivity index (χ1n) is 8.70. The van der Waals surface area contributed by atoms with Crippen molar-refractivity contribution < 1.29 is 14.3 Å². The van der Waals surface area contributed by atoms with Crippen LogP contribution in [0.1, 0.15) is 38.2 Å². The van der Waals surface area contributed by atoms with Gasteiger partial charge in [0.15, 0.2) is 0 Å². The van der Waals surface area contributed by atoms with Gasteiger partial charge in [-0.25, -0.2) is 4.79 Å². The van der Waals surface area contributed by atoms with Crippen molar-refractivity contribution in [1.29, 1.82) is 0 Å². The quantitative estimate of drug-likeness (QED) is 0.781. The van der Waals surface area contributed by atoms with Crippen LogP contribution in [0.4, 0.5) is 0 Å². The Morgan fingerprint density at radius 2 is 1.92 bits per heavy atom. The van der Waals surface area contributed by atoms with Crippen LogP contribution in [0.5, 0.6) is 0 Å². The monoisotopic (exact) mass is 332 g/mol. The molecule has 0 aliphatic heterocycles. The lowest BCUT2D eigenvalue weighted by molar-refractivity contribution is -0.145. The van der Waals surface area contributed by atoms with E-state index in [-0.39, 0.29) is 23.8 Å². The summed E-state index contributed by atoms with van der Waals surface area (Å²) in [5.41, 5.74) is 7.17. The summed E-state index contributed by atoms with van der Waals surface area (Å²) >= 11 is 0. The highest BCUT2D eigenvalue weighted by Gasteiger charge is 2.33. The lowest BCUT2D eigenvalue weighted by Gasteiger charge is -2.33. The van der Waals surface area contributed by atoms with Gasteiger partial charge < -0.3 is 15.8 Å². The van der Waals surface area contributed by atoms with Crippen molar-refractivity contribution in [1.82, 2.24) is 5.32 Å². The number of nitrogens with one attached hydrogen (secondary N) is 1. The number of carbonyl (C=O) groups is 2. The van der Waals surface area contributed by atoms with Crippen LogP contribution in [-0.2, 0) is 20.7 Å². The van der Waals surface area contributed by atoms with Crippen LogP contribution in [0.2, 0.25) is 0 Å². The van der Waals surface area contributed by atoms with E-state index < -0.39 is 12.0 Å². The van der Waals surface area contributed by atoms with E-state index in [4.69, 9.17) is 10.5 Å². The molecule has 5 heteroatoms. The third-order valence-corrected chi connectivity index (χ3v) is 5.02. The molecule has 4 atom stereocenters. The number of rotatable bonds is 6. The molecule has 0 bridgehead atoms. The average molecular weight is 332 g/mol. The maximum absolute atomic E-state index is 12.6. The molecular formula is C19H28N2O3. The van der Waals surface area contributed by atoms with Crippen molar-refractivity contribution in [2.45, 2.75) is 51.1 Å². The van der Waals surface area contributed by atoms with Crippen LogP contribution in [0, 0.1) is 11.8 Å². The number of hydrogen-bond donors (Lipinski definition) is 2. The molecule has 0 saturated heterocycles. The predicted molar refractivity (Wildman–Crippen MR) is 93.2 cm³/mol. The van der Waals surface area contributed by atoms with E-state index >= 15 is 0 Å². The molecule has 0 spiro atoms. The van der Waals surface area contributed by atoms with Crippen LogP contribution in [0.15, 0.2) is 30.3 Å². The summed E-state index contributed by atoms with van der Waals surface area (Å²) in [4.78, 5) is 24.7. The number of carbonyl (C=O) groups excluding carboxylic acids is 2. The van der Waals surface area contributed by atoms with Gasteiger partial charge in [-0.1, -0.05) is 50.1 Å². The van der Waals surface area contributed by atoms with E-state index in [1.54, 1.807) is 0 Å². The number of methoxy groups -OCH3 is 1. The first kappa shape index (κ1) is 18.5. The SMILES string of the molecule is COC(=O)C(Cc1ccccc1)NC(=O)C(C)C1CCCCC1N. The molecule has 0 radical (unpaired) electrons. The van der Waals surface area contributed by atoms with Crippen LogP contribution >= 0.6 is 0 Å². The van der Waals surface area contributed by atoms with E-state index in [1.165, 1.54) is 7.11 Å². The van der Waals surface area contributed by atoms with E-state index in [9.17, 15) is 9.59 Å². The normalized spacial score (nSPS) is 23.1. The average Bonchev–Trinajstić information content (AvgIpc) is 2.61. The van der Waals surface area contributed by atoms with E-state index in [0.717, 1.165) is 31.2 Å². The van der Waals surface area contributed by atoms with Crippen molar-refractivity contribution in [2.75, 3.05) is 7.11 Å².